The first kappa shape index (κ1) is 32.1. The number of halogens is 1. The molecule has 0 bridgehead atoms. The molecule has 10 nitrogen and oxygen atoms in total. The Morgan fingerprint density at radius 3 is 2.36 bits per heavy atom. The zero-order chi connectivity index (χ0) is 31.9. The molecule has 2 saturated heterocycles. The molecule has 2 aliphatic heterocycles. The first-order valence-corrected chi connectivity index (χ1v) is 20.7. The fraction of sp³-hybridized carbons (Fsp3) is 0.406. The van der Waals surface area contributed by atoms with E-state index in [0.717, 1.165) is 22.7 Å². The van der Waals surface area contributed by atoms with Gasteiger partial charge >= 0.3 is 6.01 Å². The van der Waals surface area contributed by atoms with Gasteiger partial charge in [0.1, 0.15) is 30.6 Å². The van der Waals surface area contributed by atoms with Crippen LogP contribution in [0.4, 0.5) is 0 Å². The summed E-state index contributed by atoms with van der Waals surface area (Å²) in [6.45, 7) is 8.25. The highest BCUT2D eigenvalue weighted by Crippen LogP contribution is 2.35. The van der Waals surface area contributed by atoms with Gasteiger partial charge in [-0.25, -0.2) is 13.9 Å². The van der Waals surface area contributed by atoms with E-state index in [4.69, 9.17) is 40.5 Å². The van der Waals surface area contributed by atoms with Gasteiger partial charge in [0, 0.05) is 25.1 Å². The van der Waals surface area contributed by atoms with Crippen LogP contribution in [0.15, 0.2) is 59.5 Å². The Balaban J connectivity index is 1.29. The van der Waals surface area contributed by atoms with Gasteiger partial charge < -0.3 is 24.1 Å². The molecule has 0 amide bonds. The summed E-state index contributed by atoms with van der Waals surface area (Å²) >= 11 is 6.78. The molecule has 4 aromatic rings. The lowest BCUT2D eigenvalue weighted by molar-refractivity contribution is 0.00336. The molecule has 13 heteroatoms. The van der Waals surface area contributed by atoms with Gasteiger partial charge in [-0.3, -0.25) is 4.57 Å². The van der Waals surface area contributed by atoms with Crippen LogP contribution in [0, 0.1) is 0 Å². The second-order valence-electron chi connectivity index (χ2n) is 12.6. The van der Waals surface area contributed by atoms with Crippen molar-refractivity contribution in [2.75, 3.05) is 26.9 Å². The Labute approximate surface area is 269 Å². The van der Waals surface area contributed by atoms with Crippen LogP contribution in [-0.2, 0) is 30.6 Å². The number of pyridine rings is 1. The van der Waals surface area contributed by atoms with E-state index in [1.807, 2.05) is 53.1 Å². The minimum absolute atomic E-state index is 0.206. The molecule has 2 fully saturated rings. The van der Waals surface area contributed by atoms with Gasteiger partial charge in [-0.05, 0) is 48.3 Å². The Morgan fingerprint density at radius 1 is 1.04 bits per heavy atom. The minimum atomic E-state index is -2.51. The summed E-state index contributed by atoms with van der Waals surface area (Å²) in [7, 11) is -2.16. The third kappa shape index (κ3) is 6.84. The van der Waals surface area contributed by atoms with Crippen molar-refractivity contribution in [2.45, 2.75) is 61.7 Å². The van der Waals surface area contributed by atoms with Crippen molar-refractivity contribution < 1.29 is 28.3 Å². The Hall–Kier alpha value is -2.81. The van der Waals surface area contributed by atoms with Crippen LogP contribution >= 0.6 is 11.6 Å². The van der Waals surface area contributed by atoms with Gasteiger partial charge in [-0.2, -0.15) is 4.98 Å². The van der Waals surface area contributed by atoms with Crippen molar-refractivity contribution in [3.8, 4) is 28.4 Å². The summed E-state index contributed by atoms with van der Waals surface area (Å²) in [5.74, 6) is 3.77. The average molecular weight is 671 g/mol. The van der Waals surface area contributed by atoms with Crippen LogP contribution in [0.2, 0.25) is 30.7 Å². The molecular formula is C32H39ClN4O6SSi. The molecule has 2 aromatic heterocycles. The maximum absolute atomic E-state index is 12.5. The van der Waals surface area contributed by atoms with E-state index >= 15 is 0 Å². The predicted octanol–water partition coefficient (Wildman–Crippen LogP) is 4.85. The molecule has 6 rings (SSSR count). The first-order chi connectivity index (χ1) is 21.4. The minimum Gasteiger partial charge on any atom is -0.456 e. The van der Waals surface area contributed by atoms with Crippen molar-refractivity contribution >= 4 is 46.4 Å². The molecule has 45 heavy (non-hydrogen) atoms. The third-order valence-corrected chi connectivity index (χ3v) is 11.8. The molecule has 5 atom stereocenters. The Kier molecular flexibility index (Phi) is 9.12. The fourth-order valence-electron chi connectivity index (χ4n) is 5.43. The number of fused-ring (bicyclic) bond motifs is 2. The van der Waals surface area contributed by atoms with Crippen LogP contribution in [0.25, 0.3) is 33.5 Å². The Morgan fingerprint density at radius 2 is 1.69 bits per heavy atom. The smallest absolute Gasteiger partial charge is 0.301 e. The zero-order valence-electron chi connectivity index (χ0n) is 25.9. The summed E-state index contributed by atoms with van der Waals surface area (Å²) in [4.78, 5) is 10.3. The monoisotopic (exact) mass is 670 g/mol. The molecule has 2 aliphatic rings. The van der Waals surface area contributed by atoms with Gasteiger partial charge in [0.15, 0.2) is 11.8 Å². The van der Waals surface area contributed by atoms with E-state index in [2.05, 4.69) is 30.2 Å². The lowest BCUT2D eigenvalue weighted by Crippen LogP contribution is -2.35. The van der Waals surface area contributed by atoms with E-state index < -0.39 is 36.1 Å². The van der Waals surface area contributed by atoms with Gasteiger partial charge in [-0.15, -0.1) is 0 Å². The van der Waals surface area contributed by atoms with E-state index in [1.165, 1.54) is 0 Å². The molecular weight excluding hydrogens is 632 g/mol. The Bertz CT molecular complexity index is 1780. The summed E-state index contributed by atoms with van der Waals surface area (Å²) in [6.07, 6.45) is -1.90. The molecule has 5 unspecified atom stereocenters. The van der Waals surface area contributed by atoms with E-state index in [-0.39, 0.29) is 26.0 Å². The highest BCUT2D eigenvalue weighted by atomic mass is 35.5. The van der Waals surface area contributed by atoms with E-state index in [1.54, 1.807) is 13.1 Å². The van der Waals surface area contributed by atoms with E-state index in [9.17, 15) is 9.32 Å². The van der Waals surface area contributed by atoms with Crippen LogP contribution in [-0.4, -0.2) is 89.1 Å². The average Bonchev–Trinajstić information content (AvgIpc) is 3.69. The maximum Gasteiger partial charge on any atom is 0.301 e. The largest absolute Gasteiger partial charge is 0.456 e. The second-order valence-corrected chi connectivity index (χ2v) is 20.9. The van der Waals surface area contributed by atoms with Crippen molar-refractivity contribution in [3.63, 3.8) is 0 Å². The third-order valence-electron chi connectivity index (χ3n) is 8.15. The molecule has 4 heterocycles. The number of aliphatic hydroxyl groups is 1. The topological polar surface area (TPSA) is 117 Å². The number of hydrogen-bond donors (Lipinski definition) is 2. The SMILES string of the molecule is C=S(=O)(NC)c1ccc(-c2ccc(-c3nc4c(cc3Cl)nc(OC3COC5C(O)COC35)n4COCC[Si](C)(C)C)cc2)cc1. The van der Waals surface area contributed by atoms with Crippen molar-refractivity contribution in [3.05, 3.63) is 59.6 Å². The van der Waals surface area contributed by atoms with Gasteiger partial charge in [0.2, 0.25) is 0 Å². The second kappa shape index (κ2) is 12.8. The number of aliphatic hydroxyl groups excluding tert-OH is 1. The molecule has 0 spiro atoms. The molecule has 0 aliphatic carbocycles. The number of nitrogens with zero attached hydrogens (tertiary/aromatic N) is 3. The zero-order valence-corrected chi connectivity index (χ0v) is 28.4. The number of benzene rings is 2. The van der Waals surface area contributed by atoms with Gasteiger partial charge in [-0.1, -0.05) is 67.6 Å². The van der Waals surface area contributed by atoms with Crippen LogP contribution in [0.5, 0.6) is 6.01 Å². The summed E-state index contributed by atoms with van der Waals surface area (Å²) in [6, 6.07) is 18.6. The summed E-state index contributed by atoms with van der Waals surface area (Å²) in [5, 5.41) is 10.6. The van der Waals surface area contributed by atoms with Crippen molar-refractivity contribution in [1.29, 1.82) is 0 Å². The van der Waals surface area contributed by atoms with Crippen molar-refractivity contribution in [2.24, 2.45) is 0 Å². The highest BCUT2D eigenvalue weighted by molar-refractivity contribution is 7.98. The molecule has 0 saturated carbocycles. The molecule has 240 valence electrons. The molecule has 2 aromatic carbocycles. The van der Waals surface area contributed by atoms with Crippen LogP contribution in [0.3, 0.4) is 0 Å². The lowest BCUT2D eigenvalue weighted by atomic mass is 10.0. The number of imidazole rings is 1. The van der Waals surface area contributed by atoms with Gasteiger partial charge in [0.25, 0.3) is 0 Å². The normalized spacial score (nSPS) is 22.9. The number of rotatable bonds is 11. The quantitative estimate of drug-likeness (QED) is 0.132. The van der Waals surface area contributed by atoms with Crippen LogP contribution in [0.1, 0.15) is 0 Å². The maximum atomic E-state index is 12.5. The van der Waals surface area contributed by atoms with E-state index in [0.29, 0.717) is 39.4 Å². The fourth-order valence-corrected chi connectivity index (χ4v) is 7.26. The van der Waals surface area contributed by atoms with Gasteiger partial charge in [0.05, 0.1) is 33.6 Å². The first-order valence-electron chi connectivity index (χ1n) is 14.9. The predicted molar refractivity (Wildman–Crippen MR) is 180 cm³/mol. The summed E-state index contributed by atoms with van der Waals surface area (Å²) < 4.78 is 41.1. The summed E-state index contributed by atoms with van der Waals surface area (Å²) in [5.41, 5.74) is 4.59. The number of nitrogens with one attached hydrogen (secondary N) is 1. The molecule has 0 radical (unpaired) electrons. The number of ether oxygens (including phenoxy) is 4. The number of hydrogen-bond acceptors (Lipinski definition) is 8. The number of aromatic nitrogens is 3. The van der Waals surface area contributed by atoms with Crippen molar-refractivity contribution in [1.82, 2.24) is 19.3 Å². The highest BCUT2D eigenvalue weighted by Gasteiger charge is 2.49. The van der Waals surface area contributed by atoms with Crippen LogP contribution < -0.4 is 9.46 Å². The molecule has 2 N–H and O–H groups in total. The standard InChI is InChI=1S/C32H39ClN4O6SSi/c1-34-44(2,39)23-12-10-21(11-13-23)20-6-8-22(9-7-20)28-24(33)16-25-31(36-28)37(19-40-14-15-45(3,4)5)32(35-25)43-27-18-42-29-26(38)17-41-30(27)29/h6-13,16,26-27,29-30,38H,2,14-15,17-19H2,1,3-5H3,(H,34,39). The lowest BCUT2D eigenvalue weighted by Gasteiger charge is -2.19.